The molecule has 0 radical (unpaired) electrons. The summed E-state index contributed by atoms with van der Waals surface area (Å²) < 4.78 is 11.0. The molecule has 1 N–H and O–H groups in total. The molecule has 0 bridgehead atoms. The van der Waals surface area contributed by atoms with Gasteiger partial charge in [0.25, 0.3) is 0 Å². The average molecular weight is 348 g/mol. The average Bonchev–Trinajstić information content (AvgIpc) is 3.02. The Bertz CT molecular complexity index is 814. The van der Waals surface area contributed by atoms with Gasteiger partial charge in [0, 0.05) is 11.3 Å². The number of nitrogens with one attached hydrogen (secondary N) is 1. The first-order valence-electron chi connectivity index (χ1n) is 7.08. The van der Waals surface area contributed by atoms with Gasteiger partial charge in [-0.3, -0.25) is 0 Å². The third-order valence-electron chi connectivity index (χ3n) is 3.42. The standard InChI is InChI=1S/C18H15Cl2NO2/c1-22-18-8-6-12(10-16(18)20)21-11-13-7-9-17(23-13)14-4-2-3-5-15(14)19/h2-10,21H,11H2,1H3. The molecule has 1 aromatic heterocycles. The fourth-order valence-corrected chi connectivity index (χ4v) is 2.73. The van der Waals surface area contributed by atoms with E-state index in [1.165, 1.54) is 0 Å². The number of benzene rings is 2. The highest BCUT2D eigenvalue weighted by Crippen LogP contribution is 2.30. The van der Waals surface area contributed by atoms with E-state index in [9.17, 15) is 0 Å². The number of methoxy groups -OCH3 is 1. The van der Waals surface area contributed by atoms with Crippen molar-refractivity contribution in [2.24, 2.45) is 0 Å². The van der Waals surface area contributed by atoms with Gasteiger partial charge in [-0.1, -0.05) is 35.3 Å². The van der Waals surface area contributed by atoms with Gasteiger partial charge in [-0.2, -0.15) is 0 Å². The molecule has 118 valence electrons. The van der Waals surface area contributed by atoms with E-state index in [0.717, 1.165) is 22.8 Å². The first kappa shape index (κ1) is 15.8. The molecule has 0 spiro atoms. The minimum atomic E-state index is 0.549. The minimum Gasteiger partial charge on any atom is -0.495 e. The van der Waals surface area contributed by atoms with Crippen molar-refractivity contribution >= 4 is 28.9 Å². The molecule has 0 amide bonds. The molecular formula is C18H15Cl2NO2. The number of anilines is 1. The van der Waals surface area contributed by atoms with E-state index < -0.39 is 0 Å². The first-order valence-corrected chi connectivity index (χ1v) is 7.84. The highest BCUT2D eigenvalue weighted by molar-refractivity contribution is 6.33. The summed E-state index contributed by atoms with van der Waals surface area (Å²) in [4.78, 5) is 0. The van der Waals surface area contributed by atoms with Crippen molar-refractivity contribution in [3.05, 3.63) is 70.4 Å². The van der Waals surface area contributed by atoms with Crippen LogP contribution < -0.4 is 10.1 Å². The van der Waals surface area contributed by atoms with Crippen molar-refractivity contribution in [3.63, 3.8) is 0 Å². The summed E-state index contributed by atoms with van der Waals surface area (Å²) in [7, 11) is 1.59. The summed E-state index contributed by atoms with van der Waals surface area (Å²) >= 11 is 12.3. The van der Waals surface area contributed by atoms with Crippen molar-refractivity contribution in [2.45, 2.75) is 6.54 Å². The molecule has 23 heavy (non-hydrogen) atoms. The Morgan fingerprint density at radius 3 is 2.57 bits per heavy atom. The summed E-state index contributed by atoms with van der Waals surface area (Å²) in [6, 6.07) is 17.0. The molecule has 2 aromatic carbocycles. The van der Waals surface area contributed by atoms with Crippen LogP contribution in [-0.4, -0.2) is 7.11 Å². The van der Waals surface area contributed by atoms with Crippen LogP contribution in [0.25, 0.3) is 11.3 Å². The highest BCUT2D eigenvalue weighted by Gasteiger charge is 2.08. The Morgan fingerprint density at radius 1 is 1.00 bits per heavy atom. The molecule has 0 atom stereocenters. The molecule has 3 aromatic rings. The second-order valence-corrected chi connectivity index (χ2v) is 5.76. The predicted molar refractivity (Wildman–Crippen MR) is 94.5 cm³/mol. The number of hydrogen-bond acceptors (Lipinski definition) is 3. The maximum absolute atomic E-state index is 6.18. The van der Waals surface area contributed by atoms with Gasteiger partial charge in [0.1, 0.15) is 17.3 Å². The van der Waals surface area contributed by atoms with E-state index in [2.05, 4.69) is 5.32 Å². The van der Waals surface area contributed by atoms with E-state index in [4.69, 9.17) is 32.4 Å². The molecule has 0 aliphatic rings. The topological polar surface area (TPSA) is 34.4 Å². The normalized spacial score (nSPS) is 10.6. The van der Waals surface area contributed by atoms with Gasteiger partial charge in [0.2, 0.25) is 0 Å². The van der Waals surface area contributed by atoms with Crippen molar-refractivity contribution < 1.29 is 9.15 Å². The van der Waals surface area contributed by atoms with Crippen LogP contribution in [0.15, 0.2) is 59.0 Å². The number of ether oxygens (including phenoxy) is 1. The minimum absolute atomic E-state index is 0.549. The van der Waals surface area contributed by atoms with Gasteiger partial charge >= 0.3 is 0 Å². The Balaban J connectivity index is 1.70. The van der Waals surface area contributed by atoms with Gasteiger partial charge in [0.05, 0.1) is 23.7 Å². The van der Waals surface area contributed by atoms with E-state index in [0.29, 0.717) is 22.3 Å². The van der Waals surface area contributed by atoms with Gasteiger partial charge in [-0.25, -0.2) is 0 Å². The van der Waals surface area contributed by atoms with Crippen molar-refractivity contribution in [2.75, 3.05) is 12.4 Å². The van der Waals surface area contributed by atoms with Crippen molar-refractivity contribution in [3.8, 4) is 17.1 Å². The van der Waals surface area contributed by atoms with Gasteiger partial charge < -0.3 is 14.5 Å². The van der Waals surface area contributed by atoms with Crippen LogP contribution in [0.4, 0.5) is 5.69 Å². The lowest BCUT2D eigenvalue weighted by Gasteiger charge is -2.08. The van der Waals surface area contributed by atoms with Crippen molar-refractivity contribution in [1.29, 1.82) is 0 Å². The second kappa shape index (κ2) is 6.99. The SMILES string of the molecule is COc1ccc(NCc2ccc(-c3ccccc3Cl)o2)cc1Cl. The number of hydrogen-bond donors (Lipinski definition) is 1. The lowest BCUT2D eigenvalue weighted by molar-refractivity contribution is 0.415. The monoisotopic (exact) mass is 347 g/mol. The smallest absolute Gasteiger partial charge is 0.137 e. The molecule has 0 saturated carbocycles. The zero-order valence-corrected chi connectivity index (χ0v) is 14.0. The van der Waals surface area contributed by atoms with Gasteiger partial charge in [-0.15, -0.1) is 0 Å². The Kier molecular flexibility index (Phi) is 4.79. The lowest BCUT2D eigenvalue weighted by Crippen LogP contribution is -1.98. The van der Waals surface area contributed by atoms with Gasteiger partial charge in [-0.05, 0) is 42.5 Å². The Labute approximate surface area is 144 Å². The van der Waals surface area contributed by atoms with Crippen LogP contribution in [0, 0.1) is 0 Å². The number of furan rings is 1. The molecule has 5 heteroatoms. The zero-order valence-electron chi connectivity index (χ0n) is 12.5. The third-order valence-corrected chi connectivity index (χ3v) is 4.04. The van der Waals surface area contributed by atoms with Crippen LogP contribution >= 0.6 is 23.2 Å². The number of halogens is 2. The molecular weight excluding hydrogens is 333 g/mol. The maximum Gasteiger partial charge on any atom is 0.137 e. The van der Waals surface area contributed by atoms with Crippen LogP contribution in [0.5, 0.6) is 5.75 Å². The molecule has 1 heterocycles. The second-order valence-electron chi connectivity index (χ2n) is 4.95. The maximum atomic E-state index is 6.18. The van der Waals surface area contributed by atoms with E-state index in [1.807, 2.05) is 54.6 Å². The quantitative estimate of drug-likeness (QED) is 0.626. The summed E-state index contributed by atoms with van der Waals surface area (Å²) in [6.45, 7) is 0.549. The lowest BCUT2D eigenvalue weighted by atomic mass is 10.2. The third kappa shape index (κ3) is 3.63. The first-order chi connectivity index (χ1) is 11.2. The molecule has 3 rings (SSSR count). The van der Waals surface area contributed by atoms with E-state index in [1.54, 1.807) is 7.11 Å². The summed E-state index contributed by atoms with van der Waals surface area (Å²) in [5.41, 5.74) is 1.78. The number of rotatable bonds is 5. The van der Waals surface area contributed by atoms with Gasteiger partial charge in [0.15, 0.2) is 0 Å². The largest absolute Gasteiger partial charge is 0.495 e. The molecule has 0 saturated heterocycles. The molecule has 0 unspecified atom stereocenters. The van der Waals surface area contributed by atoms with Crippen LogP contribution in [-0.2, 0) is 6.54 Å². The van der Waals surface area contributed by atoms with Crippen LogP contribution in [0.3, 0.4) is 0 Å². The molecule has 0 aliphatic heterocycles. The molecule has 0 aliphatic carbocycles. The predicted octanol–water partition coefficient (Wildman–Crippen LogP) is 5.87. The fraction of sp³-hybridized carbons (Fsp3) is 0.111. The van der Waals surface area contributed by atoms with Crippen molar-refractivity contribution in [1.82, 2.24) is 0 Å². The summed E-state index contributed by atoms with van der Waals surface area (Å²) in [5.74, 6) is 2.21. The molecule has 0 fully saturated rings. The highest BCUT2D eigenvalue weighted by atomic mass is 35.5. The Hall–Kier alpha value is -2.10. The van der Waals surface area contributed by atoms with E-state index >= 15 is 0 Å². The molecule has 3 nitrogen and oxygen atoms in total. The van der Waals surface area contributed by atoms with E-state index in [-0.39, 0.29) is 0 Å². The summed E-state index contributed by atoms with van der Waals surface area (Å²) in [5, 5.41) is 4.50. The van der Waals surface area contributed by atoms with Crippen LogP contribution in [0.2, 0.25) is 10.0 Å². The Morgan fingerprint density at radius 2 is 1.83 bits per heavy atom. The fourth-order valence-electron chi connectivity index (χ4n) is 2.24. The van der Waals surface area contributed by atoms with Crippen LogP contribution in [0.1, 0.15) is 5.76 Å². The summed E-state index contributed by atoms with van der Waals surface area (Å²) in [6.07, 6.45) is 0. The zero-order chi connectivity index (χ0) is 16.2.